The molecule has 0 saturated carbocycles. The zero-order chi connectivity index (χ0) is 27.5. The number of carbonyl (C=O) groups excluding carboxylic acids is 1. The molecule has 2 atom stereocenters. The molecular formula is C32H35N5OS. The molecule has 4 aromatic rings. The second-order valence-corrected chi connectivity index (χ2v) is 10.4. The third kappa shape index (κ3) is 5.19. The zero-order valence-corrected chi connectivity index (χ0v) is 23.8. The van der Waals surface area contributed by atoms with Crippen molar-refractivity contribution in [2.24, 2.45) is 0 Å². The van der Waals surface area contributed by atoms with Crippen molar-refractivity contribution in [1.82, 2.24) is 19.8 Å². The van der Waals surface area contributed by atoms with E-state index in [0.29, 0.717) is 18.1 Å². The van der Waals surface area contributed by atoms with Crippen LogP contribution in [0.2, 0.25) is 0 Å². The first-order valence-electron chi connectivity index (χ1n) is 13.5. The predicted molar refractivity (Wildman–Crippen MR) is 161 cm³/mol. The van der Waals surface area contributed by atoms with Crippen LogP contribution in [0.15, 0.2) is 79.0 Å². The maximum Gasteiger partial charge on any atom is 0.226 e. The fourth-order valence-corrected chi connectivity index (χ4v) is 6.08. The first-order chi connectivity index (χ1) is 18.9. The summed E-state index contributed by atoms with van der Waals surface area (Å²) < 4.78 is 2.31. The van der Waals surface area contributed by atoms with Crippen LogP contribution in [0, 0.1) is 20.8 Å². The third-order valence-corrected chi connectivity index (χ3v) is 8.12. The summed E-state index contributed by atoms with van der Waals surface area (Å²) in [6, 6.07) is 24.1. The molecule has 200 valence electrons. The lowest BCUT2D eigenvalue weighted by molar-refractivity contribution is -0.116. The molecule has 6 nitrogen and oxygen atoms in total. The van der Waals surface area contributed by atoms with Crippen LogP contribution in [-0.4, -0.2) is 32.0 Å². The number of amides is 1. The lowest BCUT2D eigenvalue weighted by Crippen LogP contribution is -2.33. The number of nitrogens with zero attached hydrogens (tertiary/aromatic N) is 3. The lowest BCUT2D eigenvalue weighted by atomic mass is 9.93. The Bertz CT molecular complexity index is 1480. The quantitative estimate of drug-likeness (QED) is 0.256. The molecule has 1 saturated heterocycles. The Balaban J connectivity index is 1.49. The number of hydrogen-bond donors (Lipinski definition) is 2. The number of nitrogens with one attached hydrogen (secondary N) is 2. The van der Waals surface area contributed by atoms with Crippen LogP contribution in [-0.2, 0) is 11.2 Å². The van der Waals surface area contributed by atoms with Crippen LogP contribution in [0.4, 0.5) is 5.69 Å². The number of anilines is 1. The molecule has 2 aromatic heterocycles. The van der Waals surface area contributed by atoms with E-state index in [-0.39, 0.29) is 18.0 Å². The number of benzene rings is 2. The molecule has 2 N–H and O–H groups in total. The summed E-state index contributed by atoms with van der Waals surface area (Å²) in [4.78, 5) is 20.0. The maximum atomic E-state index is 13.1. The largest absolute Gasteiger partial charge is 0.352 e. The van der Waals surface area contributed by atoms with Gasteiger partial charge in [0.2, 0.25) is 5.91 Å². The predicted octanol–water partition coefficient (Wildman–Crippen LogP) is 6.36. The van der Waals surface area contributed by atoms with Gasteiger partial charge in [0.05, 0.1) is 17.8 Å². The van der Waals surface area contributed by atoms with Gasteiger partial charge in [-0.3, -0.25) is 9.78 Å². The van der Waals surface area contributed by atoms with E-state index in [4.69, 9.17) is 12.2 Å². The molecule has 0 unspecified atom stereocenters. The smallest absolute Gasteiger partial charge is 0.226 e. The Labute approximate surface area is 236 Å². The molecule has 2 aromatic carbocycles. The molecule has 39 heavy (non-hydrogen) atoms. The molecule has 0 bridgehead atoms. The minimum Gasteiger partial charge on any atom is -0.352 e. The van der Waals surface area contributed by atoms with Crippen molar-refractivity contribution < 1.29 is 4.79 Å². The molecule has 1 fully saturated rings. The van der Waals surface area contributed by atoms with Crippen LogP contribution in [0.5, 0.6) is 0 Å². The van der Waals surface area contributed by atoms with Crippen LogP contribution in [0.1, 0.15) is 59.2 Å². The third-order valence-electron chi connectivity index (χ3n) is 7.77. The Morgan fingerprint density at radius 2 is 1.69 bits per heavy atom. The summed E-state index contributed by atoms with van der Waals surface area (Å²) in [6.45, 7) is 9.11. The molecule has 5 rings (SSSR count). The highest BCUT2D eigenvalue weighted by molar-refractivity contribution is 7.80. The first kappa shape index (κ1) is 26.6. The van der Waals surface area contributed by atoms with Gasteiger partial charge in [-0.2, -0.15) is 0 Å². The van der Waals surface area contributed by atoms with Gasteiger partial charge in [-0.15, -0.1) is 0 Å². The summed E-state index contributed by atoms with van der Waals surface area (Å²) in [7, 11) is 0. The van der Waals surface area contributed by atoms with Crippen LogP contribution >= 0.6 is 12.2 Å². The zero-order valence-electron chi connectivity index (χ0n) is 22.9. The van der Waals surface area contributed by atoms with Crippen molar-refractivity contribution >= 4 is 28.9 Å². The van der Waals surface area contributed by atoms with E-state index in [2.05, 4.69) is 77.0 Å². The number of carbonyl (C=O) groups is 1. The van der Waals surface area contributed by atoms with E-state index in [0.717, 1.165) is 29.1 Å². The van der Waals surface area contributed by atoms with Crippen LogP contribution in [0.25, 0.3) is 5.69 Å². The minimum atomic E-state index is -0.133. The van der Waals surface area contributed by atoms with E-state index < -0.39 is 0 Å². The van der Waals surface area contributed by atoms with Crippen molar-refractivity contribution in [2.45, 2.75) is 52.6 Å². The summed E-state index contributed by atoms with van der Waals surface area (Å²) in [6.07, 6.45) is 3.00. The first-order valence-corrected chi connectivity index (χ1v) is 13.9. The Morgan fingerprint density at radius 1 is 0.974 bits per heavy atom. The highest BCUT2D eigenvalue weighted by atomic mass is 32.1. The van der Waals surface area contributed by atoms with E-state index in [1.54, 1.807) is 0 Å². The van der Waals surface area contributed by atoms with E-state index >= 15 is 0 Å². The fraction of sp³-hybridized carbons (Fsp3) is 0.281. The average Bonchev–Trinajstić information content (AvgIpc) is 3.39. The van der Waals surface area contributed by atoms with E-state index in [9.17, 15) is 4.79 Å². The van der Waals surface area contributed by atoms with Crippen molar-refractivity contribution in [2.75, 3.05) is 11.9 Å². The monoisotopic (exact) mass is 537 g/mol. The van der Waals surface area contributed by atoms with Gasteiger partial charge in [-0.1, -0.05) is 49.4 Å². The Hall–Kier alpha value is -3.97. The highest BCUT2D eigenvalue weighted by Crippen LogP contribution is 2.43. The minimum absolute atomic E-state index is 0.0229. The molecule has 0 aliphatic carbocycles. The van der Waals surface area contributed by atoms with Crippen molar-refractivity contribution in [3.8, 4) is 5.69 Å². The highest BCUT2D eigenvalue weighted by Gasteiger charge is 2.42. The molecule has 1 amide bonds. The number of para-hydroxylation sites is 2. The van der Waals surface area contributed by atoms with Crippen molar-refractivity contribution in [3.63, 3.8) is 0 Å². The number of rotatable bonds is 8. The van der Waals surface area contributed by atoms with Crippen LogP contribution < -0.4 is 10.6 Å². The molecular weight excluding hydrogens is 502 g/mol. The average molecular weight is 538 g/mol. The second kappa shape index (κ2) is 11.4. The topological polar surface area (TPSA) is 62.2 Å². The lowest BCUT2D eigenvalue weighted by Gasteiger charge is -2.29. The summed E-state index contributed by atoms with van der Waals surface area (Å²) in [5.41, 5.74) is 8.86. The number of thiocarbonyl (C=S) groups is 1. The Kier molecular flexibility index (Phi) is 7.79. The van der Waals surface area contributed by atoms with Gasteiger partial charge in [-0.25, -0.2) is 0 Å². The maximum absolute atomic E-state index is 13.1. The van der Waals surface area contributed by atoms with Gasteiger partial charge < -0.3 is 20.1 Å². The summed E-state index contributed by atoms with van der Waals surface area (Å²) >= 11 is 5.88. The van der Waals surface area contributed by atoms with Crippen LogP contribution in [0.3, 0.4) is 0 Å². The number of hydrogen-bond acceptors (Lipinski definition) is 3. The van der Waals surface area contributed by atoms with Gasteiger partial charge in [0.25, 0.3) is 0 Å². The number of aryl methyl sites for hydroxylation is 1. The number of pyridine rings is 1. The SMILES string of the molecule is CCc1ccccc1NC(=O)CCN1C(=S)N[C@H](c2ccccn2)[C@@H]1c1c(C)c(C)n(-c2ccccc2)c1C. The molecule has 1 aliphatic heterocycles. The second-order valence-electron chi connectivity index (χ2n) is 10.0. The summed E-state index contributed by atoms with van der Waals surface area (Å²) in [5, 5.41) is 7.29. The van der Waals surface area contributed by atoms with Crippen molar-refractivity contribution in [1.29, 1.82) is 0 Å². The van der Waals surface area contributed by atoms with Gasteiger partial charge in [0, 0.05) is 47.5 Å². The van der Waals surface area contributed by atoms with Gasteiger partial charge >= 0.3 is 0 Å². The fourth-order valence-electron chi connectivity index (χ4n) is 5.75. The van der Waals surface area contributed by atoms with E-state index in [1.807, 2.05) is 54.7 Å². The van der Waals surface area contributed by atoms with Crippen molar-refractivity contribution in [3.05, 3.63) is 113 Å². The molecule has 7 heteroatoms. The summed E-state index contributed by atoms with van der Waals surface area (Å²) in [5.74, 6) is -0.0229. The molecule has 1 aliphatic rings. The van der Waals surface area contributed by atoms with Gasteiger partial charge in [0.1, 0.15) is 0 Å². The molecule has 3 heterocycles. The van der Waals surface area contributed by atoms with E-state index in [1.165, 1.54) is 22.5 Å². The Morgan fingerprint density at radius 3 is 2.41 bits per heavy atom. The molecule has 0 radical (unpaired) electrons. The number of aromatic nitrogens is 2. The van der Waals surface area contributed by atoms with Gasteiger partial charge in [0.15, 0.2) is 5.11 Å². The standard InChI is InChI=1S/C32H35N5OS/c1-5-24-13-9-10-16-26(24)34-28(38)18-20-36-31(30(35-32(36)39)27-17-11-12-19-33-27)29-21(2)22(3)37(23(29)4)25-14-7-6-8-15-25/h6-17,19,30-31H,5,18,20H2,1-4H3,(H,34,38)(H,35,39)/t30-,31+/m1/s1. The molecule has 0 spiro atoms. The van der Waals surface area contributed by atoms with Gasteiger partial charge in [-0.05, 0) is 80.9 Å². The normalized spacial score (nSPS) is 16.8.